The van der Waals surface area contributed by atoms with Crippen molar-refractivity contribution in [2.45, 2.75) is 44.6 Å². The third-order valence-corrected chi connectivity index (χ3v) is 6.98. The molecule has 1 N–H and O–H groups in total. The summed E-state index contributed by atoms with van der Waals surface area (Å²) < 4.78 is 28.1. The normalized spacial score (nSPS) is 21.2. The fourth-order valence-corrected chi connectivity index (χ4v) is 5.11. The van der Waals surface area contributed by atoms with Gasteiger partial charge in [0, 0.05) is 17.6 Å². The second-order valence-corrected chi connectivity index (χ2v) is 8.56. The predicted molar refractivity (Wildman–Crippen MR) is 86.6 cm³/mol. The summed E-state index contributed by atoms with van der Waals surface area (Å²) in [6.07, 6.45) is 2.88. The first-order chi connectivity index (χ1) is 9.86. The van der Waals surface area contributed by atoms with Crippen molar-refractivity contribution >= 4 is 26.0 Å². The summed E-state index contributed by atoms with van der Waals surface area (Å²) >= 11 is 3.39. The van der Waals surface area contributed by atoms with Crippen molar-refractivity contribution < 1.29 is 13.5 Å². The van der Waals surface area contributed by atoms with Crippen LogP contribution in [0, 0.1) is 12.8 Å². The van der Waals surface area contributed by atoms with Gasteiger partial charge in [0.15, 0.2) is 0 Å². The minimum atomic E-state index is -3.50. The van der Waals surface area contributed by atoms with Gasteiger partial charge in [0.1, 0.15) is 0 Å². The molecule has 4 nitrogen and oxygen atoms in total. The van der Waals surface area contributed by atoms with Gasteiger partial charge in [-0.15, -0.1) is 0 Å². The topological polar surface area (TPSA) is 57.6 Å². The first-order valence-corrected chi connectivity index (χ1v) is 9.49. The quantitative estimate of drug-likeness (QED) is 0.882. The Labute approximate surface area is 135 Å². The van der Waals surface area contributed by atoms with Gasteiger partial charge in [-0.1, -0.05) is 22.9 Å². The standard InChI is InChI=1S/C15H22BrNO3S/c1-11-4-3-6-17(7-5-11)21(19,20)15-9-13(10-18)8-14(16)12(15)2/h8-9,11,18H,3-7,10H2,1-2H3. The fourth-order valence-electron chi connectivity index (χ4n) is 2.68. The van der Waals surface area contributed by atoms with E-state index in [1.54, 1.807) is 23.4 Å². The minimum Gasteiger partial charge on any atom is -0.392 e. The van der Waals surface area contributed by atoms with Gasteiger partial charge >= 0.3 is 0 Å². The molecule has 2 rings (SSSR count). The highest BCUT2D eigenvalue weighted by atomic mass is 79.9. The first kappa shape index (κ1) is 16.9. The van der Waals surface area contributed by atoms with Crippen LogP contribution < -0.4 is 0 Å². The van der Waals surface area contributed by atoms with E-state index in [0.29, 0.717) is 35.0 Å². The highest BCUT2D eigenvalue weighted by molar-refractivity contribution is 9.10. The van der Waals surface area contributed by atoms with Gasteiger partial charge in [-0.25, -0.2) is 8.42 Å². The van der Waals surface area contributed by atoms with Crippen LogP contribution in [0.5, 0.6) is 0 Å². The van der Waals surface area contributed by atoms with Crippen LogP contribution >= 0.6 is 15.9 Å². The summed E-state index contributed by atoms with van der Waals surface area (Å²) in [4.78, 5) is 0.301. The zero-order valence-corrected chi connectivity index (χ0v) is 14.9. The third-order valence-electron chi connectivity index (χ3n) is 4.13. The van der Waals surface area contributed by atoms with Gasteiger partial charge in [-0.2, -0.15) is 4.31 Å². The molecule has 0 bridgehead atoms. The van der Waals surface area contributed by atoms with Crippen LogP contribution in [0.4, 0.5) is 0 Å². The Bertz CT molecular complexity index is 616. The maximum Gasteiger partial charge on any atom is 0.243 e. The lowest BCUT2D eigenvalue weighted by Crippen LogP contribution is -2.32. The van der Waals surface area contributed by atoms with Gasteiger partial charge in [0.05, 0.1) is 11.5 Å². The Balaban J connectivity index is 2.41. The lowest BCUT2D eigenvalue weighted by Gasteiger charge is -2.22. The molecule has 1 saturated heterocycles. The molecule has 1 fully saturated rings. The molecule has 0 aliphatic carbocycles. The van der Waals surface area contributed by atoms with Crippen LogP contribution in [0.2, 0.25) is 0 Å². The predicted octanol–water partition coefficient (Wildman–Crippen LogP) is 3.06. The summed E-state index contributed by atoms with van der Waals surface area (Å²) in [6.45, 7) is 4.94. The molecule has 1 aromatic rings. The Kier molecular flexibility index (Phi) is 5.46. The lowest BCUT2D eigenvalue weighted by molar-refractivity contribution is 0.281. The maximum absolute atomic E-state index is 12.9. The molecule has 1 aliphatic heterocycles. The molecule has 0 saturated carbocycles. The average molecular weight is 376 g/mol. The van der Waals surface area contributed by atoms with Gasteiger partial charge in [-0.05, 0) is 55.4 Å². The lowest BCUT2D eigenvalue weighted by atomic mass is 10.0. The van der Waals surface area contributed by atoms with Crippen molar-refractivity contribution in [3.05, 3.63) is 27.7 Å². The molecule has 0 radical (unpaired) electrons. The minimum absolute atomic E-state index is 0.168. The molecule has 1 aromatic carbocycles. The monoisotopic (exact) mass is 375 g/mol. The van der Waals surface area contributed by atoms with Crippen LogP contribution in [0.1, 0.15) is 37.3 Å². The van der Waals surface area contributed by atoms with Crippen LogP contribution in [0.15, 0.2) is 21.5 Å². The summed E-state index contributed by atoms with van der Waals surface area (Å²) in [5, 5.41) is 9.30. The Morgan fingerprint density at radius 3 is 2.71 bits per heavy atom. The summed E-state index contributed by atoms with van der Waals surface area (Å²) in [5.74, 6) is 0.571. The van der Waals surface area contributed by atoms with E-state index in [1.165, 1.54) is 0 Å². The number of rotatable bonds is 3. The number of benzene rings is 1. The molecular weight excluding hydrogens is 354 g/mol. The molecule has 0 spiro atoms. The number of nitrogens with zero attached hydrogens (tertiary/aromatic N) is 1. The molecule has 1 aliphatic rings. The summed E-state index contributed by atoms with van der Waals surface area (Å²) in [5.41, 5.74) is 1.30. The highest BCUT2D eigenvalue weighted by Gasteiger charge is 2.28. The van der Waals surface area contributed by atoms with Crippen molar-refractivity contribution in [1.82, 2.24) is 4.31 Å². The van der Waals surface area contributed by atoms with E-state index < -0.39 is 10.0 Å². The molecule has 1 unspecified atom stereocenters. The smallest absolute Gasteiger partial charge is 0.243 e. The van der Waals surface area contributed by atoms with Crippen molar-refractivity contribution in [2.24, 2.45) is 5.92 Å². The van der Waals surface area contributed by atoms with E-state index in [1.807, 2.05) is 0 Å². The SMILES string of the molecule is Cc1c(Br)cc(CO)cc1S(=O)(=O)N1CCCC(C)CC1. The Hall–Kier alpha value is -0.430. The van der Waals surface area contributed by atoms with Crippen molar-refractivity contribution in [3.63, 3.8) is 0 Å². The molecule has 118 valence electrons. The molecule has 0 aromatic heterocycles. The average Bonchev–Trinajstić information content (AvgIpc) is 2.66. The molecular formula is C15H22BrNO3S. The Morgan fingerprint density at radius 2 is 2.05 bits per heavy atom. The number of sulfonamides is 1. The zero-order chi connectivity index (χ0) is 15.6. The first-order valence-electron chi connectivity index (χ1n) is 7.26. The van der Waals surface area contributed by atoms with Crippen molar-refractivity contribution in [1.29, 1.82) is 0 Å². The van der Waals surface area contributed by atoms with Crippen molar-refractivity contribution in [3.8, 4) is 0 Å². The largest absolute Gasteiger partial charge is 0.392 e. The number of aliphatic hydroxyl groups is 1. The van der Waals surface area contributed by atoms with E-state index in [2.05, 4.69) is 22.9 Å². The third kappa shape index (κ3) is 3.67. The molecule has 21 heavy (non-hydrogen) atoms. The number of halogens is 1. The molecule has 6 heteroatoms. The van der Waals surface area contributed by atoms with Gasteiger partial charge < -0.3 is 5.11 Å². The second-order valence-electron chi connectivity index (χ2n) is 5.80. The second kappa shape index (κ2) is 6.77. The van der Waals surface area contributed by atoms with E-state index in [9.17, 15) is 13.5 Å². The van der Waals surface area contributed by atoms with E-state index >= 15 is 0 Å². The number of hydrogen-bond acceptors (Lipinski definition) is 3. The number of aliphatic hydroxyl groups excluding tert-OH is 1. The summed E-state index contributed by atoms with van der Waals surface area (Å²) in [7, 11) is -3.50. The van der Waals surface area contributed by atoms with Crippen LogP contribution in [-0.2, 0) is 16.6 Å². The molecule has 0 amide bonds. The fraction of sp³-hybridized carbons (Fsp3) is 0.600. The maximum atomic E-state index is 12.9. The molecule has 1 heterocycles. The van der Waals surface area contributed by atoms with E-state index in [4.69, 9.17) is 0 Å². The van der Waals surface area contributed by atoms with Gasteiger partial charge in [0.25, 0.3) is 0 Å². The highest BCUT2D eigenvalue weighted by Crippen LogP contribution is 2.30. The van der Waals surface area contributed by atoms with Crippen molar-refractivity contribution in [2.75, 3.05) is 13.1 Å². The zero-order valence-electron chi connectivity index (χ0n) is 12.5. The Morgan fingerprint density at radius 1 is 1.33 bits per heavy atom. The molecule has 1 atom stereocenters. The van der Waals surface area contributed by atoms with E-state index in [-0.39, 0.29) is 6.61 Å². The van der Waals surface area contributed by atoms with Gasteiger partial charge in [-0.3, -0.25) is 0 Å². The van der Waals surface area contributed by atoms with Crippen LogP contribution in [-0.4, -0.2) is 30.9 Å². The van der Waals surface area contributed by atoms with Gasteiger partial charge in [0.2, 0.25) is 10.0 Å². The number of hydrogen-bond donors (Lipinski definition) is 1. The summed E-state index contributed by atoms with van der Waals surface area (Å²) in [6, 6.07) is 3.35. The van der Waals surface area contributed by atoms with Crippen LogP contribution in [0.25, 0.3) is 0 Å². The van der Waals surface area contributed by atoms with E-state index in [0.717, 1.165) is 23.7 Å². The van der Waals surface area contributed by atoms with Crippen LogP contribution in [0.3, 0.4) is 0 Å².